The fourth-order valence-corrected chi connectivity index (χ4v) is 1.44. The highest BCUT2D eigenvalue weighted by atomic mass is 14.0. The van der Waals surface area contributed by atoms with Crippen LogP contribution in [0.1, 0.15) is 33.1 Å². The molecule has 0 spiro atoms. The summed E-state index contributed by atoms with van der Waals surface area (Å²) in [6.07, 6.45) is 28.4. The van der Waals surface area contributed by atoms with E-state index in [-0.39, 0.29) is 0 Å². The molecule has 0 heterocycles. The Balaban J connectivity index is 4.88. The zero-order valence-electron chi connectivity index (χ0n) is 13.4. The van der Waals surface area contributed by atoms with Gasteiger partial charge in [0.1, 0.15) is 0 Å². The summed E-state index contributed by atoms with van der Waals surface area (Å²) < 4.78 is 0. The van der Waals surface area contributed by atoms with Crippen LogP contribution in [0.15, 0.2) is 91.1 Å². The zero-order valence-corrected chi connectivity index (χ0v) is 13.4. The largest absolute Gasteiger partial charge is 0.103 e. The summed E-state index contributed by atoms with van der Waals surface area (Å²) in [4.78, 5) is 0. The van der Waals surface area contributed by atoms with Gasteiger partial charge in [-0.2, -0.15) is 0 Å². The van der Waals surface area contributed by atoms with Crippen LogP contribution in [0.5, 0.6) is 0 Å². The Morgan fingerprint density at radius 1 is 1.00 bits per heavy atom. The van der Waals surface area contributed by atoms with Crippen molar-refractivity contribution >= 4 is 0 Å². The Hall–Kier alpha value is -2.08. The number of hydrogen-bond acceptors (Lipinski definition) is 0. The van der Waals surface area contributed by atoms with Crippen LogP contribution in [0.4, 0.5) is 0 Å². The smallest absolute Gasteiger partial charge is 0.0103 e. The highest BCUT2D eigenvalue weighted by Crippen LogP contribution is 2.12. The predicted molar refractivity (Wildman–Crippen MR) is 97.0 cm³/mol. The maximum Gasteiger partial charge on any atom is -0.0103 e. The molecule has 0 aromatic carbocycles. The molecule has 0 rings (SSSR count). The van der Waals surface area contributed by atoms with E-state index >= 15 is 0 Å². The number of rotatable bonds is 10. The molecule has 0 saturated heterocycles. The van der Waals surface area contributed by atoms with Crippen LogP contribution in [0.25, 0.3) is 0 Å². The van der Waals surface area contributed by atoms with Crippen molar-refractivity contribution in [1.82, 2.24) is 0 Å². The zero-order chi connectivity index (χ0) is 15.8. The van der Waals surface area contributed by atoms with Gasteiger partial charge in [-0.3, -0.25) is 0 Å². The van der Waals surface area contributed by atoms with Gasteiger partial charge in [0.25, 0.3) is 0 Å². The third-order valence-corrected chi connectivity index (χ3v) is 2.58. The number of allylic oxidation sites excluding steroid dienone is 14. The molecule has 0 aromatic rings. The first-order chi connectivity index (χ1) is 10.3. The Morgan fingerprint density at radius 3 is 2.48 bits per heavy atom. The van der Waals surface area contributed by atoms with E-state index in [2.05, 4.69) is 44.4 Å². The molecule has 0 aliphatic heterocycles. The fraction of sp³-hybridized carbons (Fsp3) is 0.238. The lowest BCUT2D eigenvalue weighted by Crippen LogP contribution is -1.81. The summed E-state index contributed by atoms with van der Waals surface area (Å²) in [6.45, 7) is 11.9. The Bertz CT molecular complexity index is 462. The maximum absolute atomic E-state index is 4.11. The third kappa shape index (κ3) is 11.4. The first kappa shape index (κ1) is 18.9. The highest BCUT2D eigenvalue weighted by Gasteiger charge is 1.93. The Kier molecular flexibility index (Phi) is 12.9. The van der Waals surface area contributed by atoms with Gasteiger partial charge in [0.2, 0.25) is 0 Å². The summed E-state index contributed by atoms with van der Waals surface area (Å²) in [6, 6.07) is 0. The molecule has 0 saturated carbocycles. The quantitative estimate of drug-likeness (QED) is 0.318. The summed E-state index contributed by atoms with van der Waals surface area (Å²) in [7, 11) is 0. The molecule has 0 aromatic heterocycles. The van der Waals surface area contributed by atoms with Crippen LogP contribution in [0.2, 0.25) is 0 Å². The lowest BCUT2D eigenvalue weighted by molar-refractivity contribution is 1.22. The van der Waals surface area contributed by atoms with E-state index < -0.39 is 0 Å². The molecular weight excluding hydrogens is 252 g/mol. The van der Waals surface area contributed by atoms with Gasteiger partial charge in [-0.1, -0.05) is 80.3 Å². The molecule has 0 aliphatic carbocycles. The van der Waals surface area contributed by atoms with Crippen LogP contribution < -0.4 is 0 Å². The van der Waals surface area contributed by atoms with Crippen LogP contribution in [0.3, 0.4) is 0 Å². The first-order valence-electron chi connectivity index (χ1n) is 7.45. The number of hydrogen-bond donors (Lipinski definition) is 0. The van der Waals surface area contributed by atoms with Gasteiger partial charge in [-0.15, -0.1) is 6.58 Å². The lowest BCUT2D eigenvalue weighted by Gasteiger charge is -1.99. The molecule has 0 nitrogen and oxygen atoms in total. The van der Waals surface area contributed by atoms with E-state index in [0.29, 0.717) is 0 Å². The van der Waals surface area contributed by atoms with E-state index in [1.165, 1.54) is 0 Å². The van der Waals surface area contributed by atoms with Crippen LogP contribution >= 0.6 is 0 Å². The minimum atomic E-state index is 0.851. The van der Waals surface area contributed by atoms with Crippen molar-refractivity contribution in [2.75, 3.05) is 0 Å². The minimum Gasteiger partial charge on any atom is -0.103 e. The molecule has 0 atom stereocenters. The van der Waals surface area contributed by atoms with Gasteiger partial charge >= 0.3 is 0 Å². The second kappa shape index (κ2) is 14.3. The molecule has 0 N–H and O–H groups in total. The fourth-order valence-electron chi connectivity index (χ4n) is 1.44. The van der Waals surface area contributed by atoms with Gasteiger partial charge in [-0.25, -0.2) is 0 Å². The van der Waals surface area contributed by atoms with Crippen molar-refractivity contribution in [2.45, 2.75) is 33.1 Å². The van der Waals surface area contributed by atoms with Gasteiger partial charge < -0.3 is 0 Å². The van der Waals surface area contributed by atoms with Crippen LogP contribution in [-0.4, -0.2) is 0 Å². The topological polar surface area (TPSA) is 0 Å². The van der Waals surface area contributed by atoms with E-state index in [1.807, 2.05) is 55.5 Å². The SMILES string of the molecule is C=CCC=C/[C]=C(\C=CC=CCC)C(=C)C=CCC=CC. The lowest BCUT2D eigenvalue weighted by atomic mass is 10.1. The second-order valence-corrected chi connectivity index (χ2v) is 4.41. The van der Waals surface area contributed by atoms with Crippen molar-refractivity contribution in [3.05, 3.63) is 97.2 Å². The third-order valence-electron chi connectivity index (χ3n) is 2.58. The van der Waals surface area contributed by atoms with E-state index in [0.717, 1.165) is 30.4 Å². The Labute approximate surface area is 131 Å². The Morgan fingerprint density at radius 2 is 1.81 bits per heavy atom. The van der Waals surface area contributed by atoms with Crippen molar-refractivity contribution in [2.24, 2.45) is 0 Å². The van der Waals surface area contributed by atoms with E-state index in [4.69, 9.17) is 0 Å². The molecule has 0 amide bonds. The van der Waals surface area contributed by atoms with Gasteiger partial charge in [-0.05, 0) is 43.4 Å². The molecule has 0 heteroatoms. The monoisotopic (exact) mass is 279 g/mol. The summed E-state index contributed by atoms with van der Waals surface area (Å²) >= 11 is 0. The molecule has 21 heavy (non-hydrogen) atoms. The average Bonchev–Trinajstić information content (AvgIpc) is 2.49. The molecule has 1 radical (unpaired) electrons. The maximum atomic E-state index is 4.11. The summed E-state index contributed by atoms with van der Waals surface area (Å²) in [5, 5.41) is 0. The molecule has 0 aliphatic rings. The molecular formula is C21H27. The van der Waals surface area contributed by atoms with E-state index in [9.17, 15) is 0 Å². The standard InChI is InChI=1S/C21H27/c1-5-8-11-14-17-20(4)21(18-15-12-9-6-2)19-16-13-10-7-3/h5-6,8,10,12-17,19H,2,4,7,9,11H2,1,3H3. The molecule has 0 bridgehead atoms. The van der Waals surface area contributed by atoms with Crippen molar-refractivity contribution in [3.63, 3.8) is 0 Å². The van der Waals surface area contributed by atoms with Crippen LogP contribution in [-0.2, 0) is 0 Å². The first-order valence-corrected chi connectivity index (χ1v) is 7.45. The summed E-state index contributed by atoms with van der Waals surface area (Å²) in [5.41, 5.74) is 1.96. The van der Waals surface area contributed by atoms with Gasteiger partial charge in [0.05, 0.1) is 0 Å². The second-order valence-electron chi connectivity index (χ2n) is 4.41. The molecule has 111 valence electrons. The van der Waals surface area contributed by atoms with E-state index in [1.54, 1.807) is 0 Å². The normalized spacial score (nSPS) is 13.5. The minimum absolute atomic E-state index is 0.851. The van der Waals surface area contributed by atoms with Gasteiger partial charge in [0.15, 0.2) is 0 Å². The predicted octanol–water partition coefficient (Wildman–Crippen LogP) is 6.45. The summed E-state index contributed by atoms with van der Waals surface area (Å²) in [5.74, 6) is 0. The van der Waals surface area contributed by atoms with Crippen molar-refractivity contribution < 1.29 is 0 Å². The van der Waals surface area contributed by atoms with Crippen molar-refractivity contribution in [3.8, 4) is 0 Å². The molecule has 0 unspecified atom stereocenters. The average molecular weight is 279 g/mol. The highest BCUT2D eigenvalue weighted by molar-refractivity contribution is 5.45. The van der Waals surface area contributed by atoms with Crippen LogP contribution in [0, 0.1) is 6.08 Å². The molecule has 0 fully saturated rings. The van der Waals surface area contributed by atoms with Crippen molar-refractivity contribution in [1.29, 1.82) is 0 Å². The van der Waals surface area contributed by atoms with Gasteiger partial charge in [0, 0.05) is 0 Å².